The molecular weight excluding hydrogens is 738 g/mol. The molecule has 1 aromatic rings. The number of rotatable bonds is 23. The van der Waals surface area contributed by atoms with Gasteiger partial charge < -0.3 is 43.4 Å². The molecule has 0 amide bonds. The summed E-state index contributed by atoms with van der Waals surface area (Å²) in [6, 6.07) is 7.16. The molecule has 15 heteroatoms. The van der Waals surface area contributed by atoms with Crippen LogP contribution in [0.2, 0.25) is 0 Å². The molecule has 15 nitrogen and oxygen atoms in total. The van der Waals surface area contributed by atoms with Crippen molar-refractivity contribution >= 4 is 18.3 Å². The highest BCUT2D eigenvalue weighted by Crippen LogP contribution is 2.35. The highest BCUT2D eigenvalue weighted by atomic mass is 16.8. The summed E-state index contributed by atoms with van der Waals surface area (Å²) in [6.45, 7) is 12.0. The number of nitrogens with zero attached hydrogens (tertiary/aromatic N) is 3. The average molecular weight is 806 g/mol. The summed E-state index contributed by atoms with van der Waals surface area (Å²) in [5, 5.41) is 25.9. The van der Waals surface area contributed by atoms with Gasteiger partial charge in [-0.1, -0.05) is 101 Å². The number of benzene rings is 1. The van der Waals surface area contributed by atoms with E-state index in [1.165, 1.54) is 58.3 Å². The van der Waals surface area contributed by atoms with Gasteiger partial charge in [0, 0.05) is 4.91 Å². The second kappa shape index (κ2) is 24.8. The van der Waals surface area contributed by atoms with Crippen molar-refractivity contribution in [2.45, 2.75) is 186 Å². The van der Waals surface area contributed by atoms with E-state index in [2.05, 4.69) is 16.9 Å². The largest absolute Gasteiger partial charge is 0.509 e. The first-order valence-corrected chi connectivity index (χ1v) is 20.3. The molecule has 0 radical (unpaired) electrons. The smallest absolute Gasteiger partial charge is 0.454 e. The second-order valence-corrected chi connectivity index (χ2v) is 16.5. The second-order valence-electron chi connectivity index (χ2n) is 16.5. The van der Waals surface area contributed by atoms with Crippen LogP contribution in [-0.4, -0.2) is 95.3 Å². The summed E-state index contributed by atoms with van der Waals surface area (Å²) in [7, 11) is 0. The third-order valence-corrected chi connectivity index (χ3v) is 9.02. The monoisotopic (exact) mass is 805 g/mol. The first kappa shape index (κ1) is 49.3. The molecule has 0 spiro atoms. The average Bonchev–Trinajstić information content (AvgIpc) is 3.13. The fourth-order valence-electron chi connectivity index (χ4n) is 6.11. The van der Waals surface area contributed by atoms with Crippen LogP contribution in [0, 0.1) is 0 Å². The number of allylic oxidation sites excluding steroid dienone is 1. The van der Waals surface area contributed by atoms with E-state index in [0.717, 1.165) is 19.3 Å². The van der Waals surface area contributed by atoms with Crippen LogP contribution in [0.25, 0.3) is 10.4 Å². The number of carbonyl (C=O) groups is 3. The van der Waals surface area contributed by atoms with E-state index in [0.29, 0.717) is 6.42 Å². The van der Waals surface area contributed by atoms with Crippen molar-refractivity contribution in [1.29, 1.82) is 0 Å². The van der Waals surface area contributed by atoms with Crippen molar-refractivity contribution in [1.82, 2.24) is 0 Å². The molecule has 7 atom stereocenters. The molecule has 0 bridgehead atoms. The molecule has 1 aromatic carbocycles. The molecule has 0 unspecified atom stereocenters. The van der Waals surface area contributed by atoms with Gasteiger partial charge in [0.25, 0.3) is 0 Å². The van der Waals surface area contributed by atoms with E-state index in [1.807, 2.05) is 6.08 Å². The summed E-state index contributed by atoms with van der Waals surface area (Å²) in [5.41, 5.74) is 7.91. The van der Waals surface area contributed by atoms with Crippen molar-refractivity contribution in [2.24, 2.45) is 5.11 Å². The zero-order valence-corrected chi connectivity index (χ0v) is 35.2. The molecule has 0 aliphatic carbocycles. The first-order valence-electron chi connectivity index (χ1n) is 20.3. The van der Waals surface area contributed by atoms with Crippen molar-refractivity contribution in [3.63, 3.8) is 0 Å². The van der Waals surface area contributed by atoms with E-state index in [9.17, 15) is 30.1 Å². The van der Waals surface area contributed by atoms with Gasteiger partial charge in [-0.05, 0) is 85.0 Å². The molecule has 1 aliphatic rings. The van der Waals surface area contributed by atoms with Crippen LogP contribution in [-0.2, 0) is 33.2 Å². The minimum absolute atomic E-state index is 0.281. The lowest BCUT2D eigenvalue weighted by Gasteiger charge is -2.48. The van der Waals surface area contributed by atoms with Gasteiger partial charge in [-0.3, -0.25) is 0 Å². The Balaban J connectivity index is 2.26. The predicted molar refractivity (Wildman–Crippen MR) is 213 cm³/mol. The Kier molecular flexibility index (Phi) is 21.4. The Morgan fingerprint density at radius 1 is 0.877 bits per heavy atom. The number of hydrogen-bond acceptors (Lipinski definition) is 13. The summed E-state index contributed by atoms with van der Waals surface area (Å²) < 4.78 is 39.4. The Labute approximate surface area is 338 Å². The van der Waals surface area contributed by atoms with E-state index < -0.39 is 85.0 Å². The minimum Gasteiger partial charge on any atom is -0.454 e. The fraction of sp³-hybridized carbons (Fsp3) is 0.738. The molecule has 2 N–H and O–H groups in total. The van der Waals surface area contributed by atoms with Crippen molar-refractivity contribution in [3.8, 4) is 0 Å². The van der Waals surface area contributed by atoms with Crippen LogP contribution in [0.5, 0.6) is 0 Å². The van der Waals surface area contributed by atoms with Gasteiger partial charge in [-0.25, -0.2) is 14.4 Å². The van der Waals surface area contributed by atoms with E-state index in [4.69, 9.17) is 33.2 Å². The van der Waals surface area contributed by atoms with Crippen LogP contribution < -0.4 is 0 Å². The van der Waals surface area contributed by atoms with Crippen molar-refractivity contribution in [2.75, 3.05) is 13.2 Å². The van der Waals surface area contributed by atoms with Gasteiger partial charge in [0.05, 0.1) is 18.8 Å². The number of unbranched alkanes of at least 4 members (excludes halogenated alkanes) is 11. The molecule has 57 heavy (non-hydrogen) atoms. The number of carbonyl (C=O) groups excluding carboxylic acids is 3. The molecule has 2 rings (SSSR count). The molecule has 0 aromatic heterocycles. The maximum Gasteiger partial charge on any atom is 0.509 e. The molecule has 1 heterocycles. The predicted octanol–water partition coefficient (Wildman–Crippen LogP) is 9.27. The minimum atomic E-state index is -2.07. The summed E-state index contributed by atoms with van der Waals surface area (Å²) in [4.78, 5) is 41.8. The standard InChI is InChI=1S/C42H67N3O12/c1-9-10-11-12-13-14-15-16-17-18-19-20-24-27-32(52-37(48)30-25-22-21-23-26-30)31(44-45-43)29-51-42(8)36(47)35(54-39(50)57-41(5,6)7)34(33(28-46)55-42)53-38(49)56-40(2,3)4/h21-27,31-36,46-47H,9-20,28-29H2,1-8H3/t31-,32+,33+,34-,35-,36+,42+/m0/s1. The maximum atomic E-state index is 13.2. The van der Waals surface area contributed by atoms with Crippen molar-refractivity contribution in [3.05, 3.63) is 58.5 Å². The maximum absolute atomic E-state index is 13.2. The number of aliphatic hydroxyl groups excluding tert-OH is 2. The van der Waals surface area contributed by atoms with Crippen LogP contribution in [0.3, 0.4) is 0 Å². The normalized spacial score (nSPS) is 22.2. The van der Waals surface area contributed by atoms with Crippen LogP contribution in [0.15, 0.2) is 47.6 Å². The Morgan fingerprint density at radius 3 is 1.91 bits per heavy atom. The molecule has 322 valence electrons. The summed E-state index contributed by atoms with van der Waals surface area (Å²) >= 11 is 0. The Bertz CT molecular complexity index is 1420. The Hall–Kier alpha value is -3.88. The van der Waals surface area contributed by atoms with Gasteiger partial charge >= 0.3 is 18.3 Å². The fourth-order valence-corrected chi connectivity index (χ4v) is 6.11. The number of hydrogen-bond donors (Lipinski definition) is 2. The quantitative estimate of drug-likeness (QED) is 0.0202. The number of aliphatic hydroxyl groups is 2. The van der Waals surface area contributed by atoms with Gasteiger partial charge in [0.15, 0.2) is 18.0 Å². The zero-order chi connectivity index (χ0) is 42.5. The molecule has 1 saturated heterocycles. The lowest BCUT2D eigenvalue weighted by Crippen LogP contribution is -2.67. The van der Waals surface area contributed by atoms with Crippen LogP contribution >= 0.6 is 0 Å². The number of esters is 1. The van der Waals surface area contributed by atoms with Crippen LogP contribution in [0.1, 0.15) is 143 Å². The zero-order valence-electron chi connectivity index (χ0n) is 35.2. The highest BCUT2D eigenvalue weighted by Gasteiger charge is 2.57. The number of ether oxygens (including phenoxy) is 7. The lowest BCUT2D eigenvalue weighted by atomic mass is 9.93. The third-order valence-electron chi connectivity index (χ3n) is 9.02. The van der Waals surface area contributed by atoms with E-state index >= 15 is 0 Å². The SMILES string of the molecule is CCCCCCCCCCCCCC=C[C@@H](OC(=O)c1ccccc1)[C@H](CO[C@]1(C)O[C@H](CO)[C@H](OC(=O)OC(C)(C)C)[C@H](OC(=O)OC(C)(C)C)[C@H]1O)N=[N+]=[N-]. The number of azide groups is 1. The molecule has 0 saturated carbocycles. The van der Waals surface area contributed by atoms with E-state index in [1.54, 1.807) is 78.0 Å². The van der Waals surface area contributed by atoms with Gasteiger partial charge in [0.1, 0.15) is 35.6 Å². The summed E-state index contributed by atoms with van der Waals surface area (Å²) in [6.07, 6.45) is 7.44. The Morgan fingerprint density at radius 2 is 1.40 bits per heavy atom. The topological polar surface area (TPSA) is 205 Å². The molecule has 1 aliphatic heterocycles. The van der Waals surface area contributed by atoms with Crippen LogP contribution in [0.4, 0.5) is 9.59 Å². The van der Waals surface area contributed by atoms with Crippen molar-refractivity contribution < 1.29 is 57.8 Å². The van der Waals surface area contributed by atoms with Gasteiger partial charge in [-0.15, -0.1) is 0 Å². The van der Waals surface area contributed by atoms with E-state index in [-0.39, 0.29) is 5.56 Å². The highest BCUT2D eigenvalue weighted by molar-refractivity contribution is 5.89. The summed E-state index contributed by atoms with van der Waals surface area (Å²) in [5.74, 6) is -2.73. The molecule has 1 fully saturated rings. The lowest BCUT2D eigenvalue weighted by molar-refractivity contribution is -0.358. The third kappa shape index (κ3) is 19.0. The first-order chi connectivity index (χ1) is 26.9. The van der Waals surface area contributed by atoms with Gasteiger partial charge in [-0.2, -0.15) is 0 Å². The molecular formula is C42H67N3O12. The van der Waals surface area contributed by atoms with Gasteiger partial charge in [0.2, 0.25) is 0 Å².